The van der Waals surface area contributed by atoms with Crippen LogP contribution < -0.4 is 5.73 Å². The minimum Gasteiger partial charge on any atom is -0.337 e. The fourth-order valence-corrected chi connectivity index (χ4v) is 2.73. The van der Waals surface area contributed by atoms with E-state index < -0.39 is 0 Å². The molecule has 2 N–H and O–H groups in total. The van der Waals surface area contributed by atoms with Crippen molar-refractivity contribution in [1.29, 1.82) is 0 Å². The van der Waals surface area contributed by atoms with Crippen LogP contribution in [0.4, 0.5) is 0 Å². The Bertz CT molecular complexity index is 337. The molecule has 1 atom stereocenters. The summed E-state index contributed by atoms with van der Waals surface area (Å²) in [7, 11) is 0. The molecule has 88 valence electrons. The molecule has 1 aromatic rings. The maximum Gasteiger partial charge on any atom is 0.273 e. The number of carbonyl (C=O) groups excluding carboxylic acids is 1. The van der Waals surface area contributed by atoms with E-state index in [1.807, 2.05) is 10.3 Å². The number of aromatic nitrogens is 1. The van der Waals surface area contributed by atoms with Crippen LogP contribution in [0.1, 0.15) is 29.8 Å². The third-order valence-corrected chi connectivity index (χ3v) is 3.62. The predicted molar refractivity (Wildman–Crippen MR) is 64.4 cm³/mol. The zero-order valence-corrected chi connectivity index (χ0v) is 10.1. The highest BCUT2D eigenvalue weighted by Crippen LogP contribution is 2.20. The zero-order chi connectivity index (χ0) is 11.4. The Morgan fingerprint density at radius 1 is 1.69 bits per heavy atom. The van der Waals surface area contributed by atoms with Crippen LogP contribution in [0.25, 0.3) is 0 Å². The van der Waals surface area contributed by atoms with Crippen molar-refractivity contribution in [3.63, 3.8) is 0 Å². The Balaban J connectivity index is 1.96. The number of carbonyl (C=O) groups is 1. The van der Waals surface area contributed by atoms with Gasteiger partial charge in [0.2, 0.25) is 0 Å². The smallest absolute Gasteiger partial charge is 0.273 e. The molecule has 0 aliphatic carbocycles. The van der Waals surface area contributed by atoms with E-state index in [0.29, 0.717) is 18.2 Å². The number of hydrogen-bond donors (Lipinski definition) is 1. The van der Waals surface area contributed by atoms with Gasteiger partial charge < -0.3 is 10.6 Å². The van der Waals surface area contributed by atoms with E-state index in [-0.39, 0.29) is 5.91 Å². The molecule has 1 fully saturated rings. The van der Waals surface area contributed by atoms with Crippen LogP contribution in [0.15, 0.2) is 10.9 Å². The molecule has 1 aromatic heterocycles. The van der Waals surface area contributed by atoms with E-state index in [1.54, 1.807) is 5.51 Å². The zero-order valence-electron chi connectivity index (χ0n) is 9.26. The summed E-state index contributed by atoms with van der Waals surface area (Å²) in [5.41, 5.74) is 7.85. The number of nitrogens with two attached hydrogens (primary N) is 1. The Hall–Kier alpha value is -0.940. The molecule has 1 aliphatic heterocycles. The lowest BCUT2D eigenvalue weighted by atomic mass is 9.95. The lowest BCUT2D eigenvalue weighted by Crippen LogP contribution is -2.40. The summed E-state index contributed by atoms with van der Waals surface area (Å²) in [5.74, 6) is 0.643. The number of thiazole rings is 1. The van der Waals surface area contributed by atoms with Gasteiger partial charge in [0, 0.05) is 18.5 Å². The molecule has 0 saturated carbocycles. The van der Waals surface area contributed by atoms with Crippen LogP contribution in [-0.2, 0) is 0 Å². The van der Waals surface area contributed by atoms with Gasteiger partial charge in [-0.1, -0.05) is 0 Å². The van der Waals surface area contributed by atoms with Gasteiger partial charge in [-0.25, -0.2) is 4.98 Å². The summed E-state index contributed by atoms with van der Waals surface area (Å²) >= 11 is 1.46. The highest BCUT2D eigenvalue weighted by molar-refractivity contribution is 7.07. The van der Waals surface area contributed by atoms with Crippen molar-refractivity contribution in [3.05, 3.63) is 16.6 Å². The lowest BCUT2D eigenvalue weighted by molar-refractivity contribution is 0.0664. The maximum absolute atomic E-state index is 12.0. The number of nitrogens with zero attached hydrogens (tertiary/aromatic N) is 2. The first-order valence-electron chi connectivity index (χ1n) is 5.69. The second-order valence-electron chi connectivity index (χ2n) is 4.21. The van der Waals surface area contributed by atoms with E-state index >= 15 is 0 Å². The highest BCUT2D eigenvalue weighted by atomic mass is 32.1. The molecule has 1 unspecified atom stereocenters. The molecule has 0 aromatic carbocycles. The summed E-state index contributed by atoms with van der Waals surface area (Å²) in [6.07, 6.45) is 3.29. The average molecular weight is 239 g/mol. The highest BCUT2D eigenvalue weighted by Gasteiger charge is 2.24. The second-order valence-corrected chi connectivity index (χ2v) is 4.93. The first-order valence-corrected chi connectivity index (χ1v) is 6.63. The molecule has 5 heteroatoms. The molecular formula is C11H17N3OS. The van der Waals surface area contributed by atoms with Crippen LogP contribution in [0, 0.1) is 5.92 Å². The van der Waals surface area contributed by atoms with E-state index in [2.05, 4.69) is 4.98 Å². The van der Waals surface area contributed by atoms with Gasteiger partial charge in [-0.05, 0) is 31.7 Å². The van der Waals surface area contributed by atoms with Gasteiger partial charge in [-0.3, -0.25) is 4.79 Å². The number of amides is 1. The predicted octanol–water partition coefficient (Wildman–Crippen LogP) is 1.34. The largest absolute Gasteiger partial charge is 0.337 e. The van der Waals surface area contributed by atoms with Crippen LogP contribution in [0.2, 0.25) is 0 Å². The SMILES string of the molecule is NCCC1CCCN(C(=O)c2cscn2)C1. The normalized spacial score (nSPS) is 21.1. The number of piperidine rings is 1. The Morgan fingerprint density at radius 3 is 3.25 bits per heavy atom. The molecular weight excluding hydrogens is 222 g/mol. The van der Waals surface area contributed by atoms with Crippen LogP contribution in [-0.4, -0.2) is 35.4 Å². The van der Waals surface area contributed by atoms with Crippen molar-refractivity contribution >= 4 is 17.2 Å². The lowest BCUT2D eigenvalue weighted by Gasteiger charge is -2.32. The Kier molecular flexibility index (Phi) is 3.90. The molecule has 2 rings (SSSR count). The van der Waals surface area contributed by atoms with E-state index in [1.165, 1.54) is 17.8 Å². The molecule has 2 heterocycles. The van der Waals surface area contributed by atoms with Gasteiger partial charge >= 0.3 is 0 Å². The molecule has 4 nitrogen and oxygen atoms in total. The van der Waals surface area contributed by atoms with Crippen molar-refractivity contribution in [2.24, 2.45) is 11.7 Å². The van der Waals surface area contributed by atoms with Crippen LogP contribution >= 0.6 is 11.3 Å². The fraction of sp³-hybridized carbons (Fsp3) is 0.636. The van der Waals surface area contributed by atoms with Gasteiger partial charge in [0.15, 0.2) is 0 Å². The van der Waals surface area contributed by atoms with E-state index in [0.717, 1.165) is 25.9 Å². The monoisotopic (exact) mass is 239 g/mol. The summed E-state index contributed by atoms with van der Waals surface area (Å²) < 4.78 is 0. The van der Waals surface area contributed by atoms with Crippen molar-refractivity contribution in [2.75, 3.05) is 19.6 Å². The van der Waals surface area contributed by atoms with Gasteiger partial charge in [0.25, 0.3) is 5.91 Å². The number of rotatable bonds is 3. The van der Waals surface area contributed by atoms with Crippen molar-refractivity contribution in [1.82, 2.24) is 9.88 Å². The number of likely N-dealkylation sites (tertiary alicyclic amines) is 1. The van der Waals surface area contributed by atoms with Crippen LogP contribution in [0.5, 0.6) is 0 Å². The minimum absolute atomic E-state index is 0.0722. The quantitative estimate of drug-likeness (QED) is 0.866. The first-order chi connectivity index (χ1) is 7.81. The Morgan fingerprint density at radius 2 is 2.56 bits per heavy atom. The second kappa shape index (κ2) is 5.41. The molecule has 1 amide bonds. The maximum atomic E-state index is 12.0. The molecule has 0 bridgehead atoms. The number of hydrogen-bond acceptors (Lipinski definition) is 4. The molecule has 1 aliphatic rings. The minimum atomic E-state index is 0.0722. The molecule has 1 saturated heterocycles. The third-order valence-electron chi connectivity index (χ3n) is 3.03. The summed E-state index contributed by atoms with van der Waals surface area (Å²) in [6, 6.07) is 0. The van der Waals surface area contributed by atoms with Crippen molar-refractivity contribution < 1.29 is 4.79 Å². The van der Waals surface area contributed by atoms with Gasteiger partial charge in [-0.15, -0.1) is 11.3 Å². The van der Waals surface area contributed by atoms with Crippen molar-refractivity contribution in [2.45, 2.75) is 19.3 Å². The summed E-state index contributed by atoms with van der Waals surface area (Å²) in [4.78, 5) is 18.0. The Labute approximate surface area is 99.5 Å². The van der Waals surface area contributed by atoms with E-state index in [4.69, 9.17) is 5.73 Å². The third kappa shape index (κ3) is 2.59. The van der Waals surface area contributed by atoms with E-state index in [9.17, 15) is 4.79 Å². The van der Waals surface area contributed by atoms with Crippen molar-refractivity contribution in [3.8, 4) is 0 Å². The average Bonchev–Trinajstić information content (AvgIpc) is 2.82. The first kappa shape index (κ1) is 11.5. The molecule has 0 radical (unpaired) electrons. The molecule has 0 spiro atoms. The van der Waals surface area contributed by atoms with Crippen LogP contribution in [0.3, 0.4) is 0 Å². The topological polar surface area (TPSA) is 59.2 Å². The standard InChI is InChI=1S/C11H17N3OS/c12-4-3-9-2-1-5-14(6-9)11(15)10-7-16-8-13-10/h7-9H,1-6,12H2. The molecule has 16 heavy (non-hydrogen) atoms. The summed E-state index contributed by atoms with van der Waals surface area (Å²) in [5, 5.41) is 1.81. The van der Waals surface area contributed by atoms with Gasteiger partial charge in [0.1, 0.15) is 5.69 Å². The summed E-state index contributed by atoms with van der Waals surface area (Å²) in [6.45, 7) is 2.41. The fourth-order valence-electron chi connectivity index (χ4n) is 2.20. The van der Waals surface area contributed by atoms with Gasteiger partial charge in [-0.2, -0.15) is 0 Å². The van der Waals surface area contributed by atoms with Gasteiger partial charge in [0.05, 0.1) is 5.51 Å².